The first kappa shape index (κ1) is 24.7. The van der Waals surface area contributed by atoms with Gasteiger partial charge in [-0.15, -0.1) is 12.4 Å². The minimum atomic E-state index is -0.696. The van der Waals surface area contributed by atoms with Gasteiger partial charge in [0.05, 0.1) is 23.4 Å². The predicted octanol–water partition coefficient (Wildman–Crippen LogP) is 4.23. The number of morpholine rings is 1. The largest absolute Gasteiger partial charge is 0.485 e. The first-order valence-electron chi connectivity index (χ1n) is 11.5. The van der Waals surface area contributed by atoms with Crippen LogP contribution in [0.1, 0.15) is 17.5 Å². The molecular formula is C25H30ClN3O4S. The molecule has 0 spiro atoms. The van der Waals surface area contributed by atoms with Gasteiger partial charge in [0.1, 0.15) is 6.61 Å². The second-order valence-electron chi connectivity index (χ2n) is 8.59. The third kappa shape index (κ3) is 5.30. The average molecular weight is 504 g/mol. The number of hydrogen-bond acceptors (Lipinski definition) is 7. The Balaban J connectivity index is 0.00000274. The standard InChI is InChI=1S/C25H29N3O4S.ClH/c1-17-14-18(2)23-19(15-17)26-25(33-23)28(9-5-8-27-10-12-30-13-11-27)24(29)22-16-31-20-6-3-4-7-21(20)32-22;/h3-4,6-7,14-15,22H,5,8-13,16H2,1-2H3;1H. The van der Waals surface area contributed by atoms with Crippen molar-refractivity contribution in [2.45, 2.75) is 26.4 Å². The number of ether oxygens (including phenoxy) is 3. The van der Waals surface area contributed by atoms with Crippen LogP contribution < -0.4 is 14.4 Å². The lowest BCUT2D eigenvalue weighted by atomic mass is 10.1. The molecule has 1 unspecified atom stereocenters. The Bertz CT molecular complexity index is 1150. The van der Waals surface area contributed by atoms with Gasteiger partial charge >= 0.3 is 0 Å². The number of para-hydroxylation sites is 2. The summed E-state index contributed by atoms with van der Waals surface area (Å²) in [5, 5.41) is 0.716. The Morgan fingerprint density at radius 2 is 1.94 bits per heavy atom. The van der Waals surface area contributed by atoms with Crippen molar-refractivity contribution >= 4 is 45.0 Å². The van der Waals surface area contributed by atoms with Gasteiger partial charge < -0.3 is 14.2 Å². The Morgan fingerprint density at radius 3 is 2.74 bits per heavy atom. The van der Waals surface area contributed by atoms with Crippen LogP contribution in [-0.2, 0) is 9.53 Å². The number of benzene rings is 2. The number of aromatic nitrogens is 1. The quantitative estimate of drug-likeness (QED) is 0.501. The summed E-state index contributed by atoms with van der Waals surface area (Å²) in [6, 6.07) is 11.7. The molecule has 1 atom stereocenters. The summed E-state index contributed by atoms with van der Waals surface area (Å²) in [6.45, 7) is 9.26. The SMILES string of the molecule is Cc1cc(C)c2sc(N(CCCN3CCOCC3)C(=O)C3COc4ccccc4O3)nc2c1.Cl. The van der Waals surface area contributed by atoms with Crippen LogP contribution in [0.4, 0.5) is 5.13 Å². The molecule has 9 heteroatoms. The fourth-order valence-electron chi connectivity index (χ4n) is 4.37. The number of fused-ring (bicyclic) bond motifs is 2. The number of hydrogen-bond donors (Lipinski definition) is 0. The molecule has 5 rings (SSSR count). The number of thiazole rings is 1. The van der Waals surface area contributed by atoms with Gasteiger partial charge in [-0.1, -0.05) is 29.5 Å². The minimum absolute atomic E-state index is 0. The summed E-state index contributed by atoms with van der Waals surface area (Å²) in [4.78, 5) is 22.7. The van der Waals surface area contributed by atoms with Gasteiger partial charge in [0.2, 0.25) is 6.10 Å². The van der Waals surface area contributed by atoms with Crippen LogP contribution in [0, 0.1) is 13.8 Å². The van der Waals surface area contributed by atoms with E-state index in [-0.39, 0.29) is 24.9 Å². The van der Waals surface area contributed by atoms with Crippen molar-refractivity contribution in [3.63, 3.8) is 0 Å². The molecule has 0 saturated carbocycles. The molecule has 0 aliphatic carbocycles. The maximum Gasteiger partial charge on any atom is 0.273 e. The van der Waals surface area contributed by atoms with E-state index in [0.717, 1.165) is 49.5 Å². The molecule has 182 valence electrons. The number of rotatable bonds is 6. The highest BCUT2D eigenvalue weighted by Crippen LogP contribution is 2.35. The summed E-state index contributed by atoms with van der Waals surface area (Å²) in [5.41, 5.74) is 3.29. The van der Waals surface area contributed by atoms with Crippen molar-refractivity contribution in [2.24, 2.45) is 0 Å². The molecular weight excluding hydrogens is 474 g/mol. The summed E-state index contributed by atoms with van der Waals surface area (Å²) >= 11 is 1.57. The lowest BCUT2D eigenvalue weighted by molar-refractivity contribution is -0.127. The van der Waals surface area contributed by atoms with Gasteiger partial charge in [0, 0.05) is 26.2 Å². The van der Waals surface area contributed by atoms with Gasteiger partial charge in [-0.05, 0) is 49.6 Å². The first-order valence-corrected chi connectivity index (χ1v) is 12.3. The molecule has 2 aliphatic heterocycles. The summed E-state index contributed by atoms with van der Waals surface area (Å²) < 4.78 is 18.4. The average Bonchev–Trinajstić information content (AvgIpc) is 3.26. The molecule has 7 nitrogen and oxygen atoms in total. The molecule has 1 saturated heterocycles. The Labute approximate surface area is 210 Å². The van der Waals surface area contributed by atoms with Gasteiger partial charge in [0.25, 0.3) is 5.91 Å². The highest BCUT2D eigenvalue weighted by molar-refractivity contribution is 7.22. The van der Waals surface area contributed by atoms with Crippen molar-refractivity contribution in [3.8, 4) is 11.5 Å². The van der Waals surface area contributed by atoms with Crippen LogP contribution in [-0.4, -0.2) is 67.9 Å². The smallest absolute Gasteiger partial charge is 0.273 e. The van der Waals surface area contributed by atoms with Crippen molar-refractivity contribution < 1.29 is 19.0 Å². The predicted molar refractivity (Wildman–Crippen MR) is 137 cm³/mol. The molecule has 3 heterocycles. The van der Waals surface area contributed by atoms with Gasteiger partial charge in [-0.2, -0.15) is 0 Å². The third-order valence-corrected chi connectivity index (χ3v) is 7.28. The van der Waals surface area contributed by atoms with E-state index in [2.05, 4.69) is 30.9 Å². The second kappa shape index (κ2) is 10.9. The number of nitrogens with zero attached hydrogens (tertiary/aromatic N) is 3. The van der Waals surface area contributed by atoms with Crippen LogP contribution in [0.3, 0.4) is 0 Å². The third-order valence-electron chi connectivity index (χ3n) is 6.05. The highest BCUT2D eigenvalue weighted by atomic mass is 35.5. The highest BCUT2D eigenvalue weighted by Gasteiger charge is 2.33. The molecule has 0 bridgehead atoms. The summed E-state index contributed by atoms with van der Waals surface area (Å²) in [5.74, 6) is 1.16. The Morgan fingerprint density at radius 1 is 1.18 bits per heavy atom. The van der Waals surface area contributed by atoms with Gasteiger partial charge in [-0.25, -0.2) is 4.98 Å². The number of aryl methyl sites for hydroxylation is 2. The number of carbonyl (C=O) groups excluding carboxylic acids is 1. The minimum Gasteiger partial charge on any atom is -0.485 e. The van der Waals surface area contributed by atoms with Crippen LogP contribution >= 0.6 is 23.7 Å². The molecule has 1 amide bonds. The maximum absolute atomic E-state index is 13.7. The molecule has 2 aliphatic rings. The zero-order valence-corrected chi connectivity index (χ0v) is 21.1. The van der Waals surface area contributed by atoms with E-state index in [1.54, 1.807) is 16.2 Å². The van der Waals surface area contributed by atoms with E-state index < -0.39 is 6.10 Å². The lowest BCUT2D eigenvalue weighted by Crippen LogP contribution is -2.47. The van der Waals surface area contributed by atoms with Crippen LogP contribution in [0.15, 0.2) is 36.4 Å². The molecule has 1 aromatic heterocycles. The summed E-state index contributed by atoms with van der Waals surface area (Å²) in [6.07, 6.45) is 0.155. The van der Waals surface area contributed by atoms with Crippen molar-refractivity contribution in [1.29, 1.82) is 0 Å². The Hall–Kier alpha value is -2.39. The van der Waals surface area contributed by atoms with Crippen LogP contribution in [0.2, 0.25) is 0 Å². The number of halogens is 1. The number of amides is 1. The Kier molecular flexibility index (Phi) is 7.93. The van der Waals surface area contributed by atoms with Crippen LogP contribution in [0.5, 0.6) is 11.5 Å². The van der Waals surface area contributed by atoms with E-state index >= 15 is 0 Å². The monoisotopic (exact) mass is 503 g/mol. The van der Waals surface area contributed by atoms with Crippen molar-refractivity contribution in [1.82, 2.24) is 9.88 Å². The molecule has 1 fully saturated rings. The second-order valence-corrected chi connectivity index (χ2v) is 9.57. The van der Waals surface area contributed by atoms with Gasteiger partial charge in [0.15, 0.2) is 16.6 Å². The molecule has 3 aromatic rings. The maximum atomic E-state index is 13.7. The van der Waals surface area contributed by atoms with Crippen molar-refractivity contribution in [3.05, 3.63) is 47.5 Å². The normalized spacial score (nSPS) is 17.9. The van der Waals surface area contributed by atoms with E-state index in [1.165, 1.54) is 11.1 Å². The van der Waals surface area contributed by atoms with Crippen LogP contribution in [0.25, 0.3) is 10.2 Å². The molecule has 2 aromatic carbocycles. The molecule has 34 heavy (non-hydrogen) atoms. The number of carbonyl (C=O) groups is 1. The van der Waals surface area contributed by atoms with Gasteiger partial charge in [-0.3, -0.25) is 14.6 Å². The topological polar surface area (TPSA) is 64.1 Å². The fourth-order valence-corrected chi connectivity index (χ4v) is 5.42. The molecule has 0 radical (unpaired) electrons. The lowest BCUT2D eigenvalue weighted by Gasteiger charge is -2.31. The van der Waals surface area contributed by atoms with E-state index in [9.17, 15) is 4.79 Å². The van der Waals surface area contributed by atoms with E-state index in [0.29, 0.717) is 23.2 Å². The zero-order valence-electron chi connectivity index (χ0n) is 19.5. The van der Waals surface area contributed by atoms with Crippen molar-refractivity contribution in [2.75, 3.05) is 50.9 Å². The zero-order chi connectivity index (χ0) is 22.8. The fraction of sp³-hybridized carbons (Fsp3) is 0.440. The molecule has 0 N–H and O–H groups in total. The van der Waals surface area contributed by atoms with E-state index in [4.69, 9.17) is 19.2 Å². The summed E-state index contributed by atoms with van der Waals surface area (Å²) in [7, 11) is 0. The first-order chi connectivity index (χ1) is 16.1. The number of anilines is 1. The van der Waals surface area contributed by atoms with E-state index in [1.807, 2.05) is 24.3 Å².